The molecule has 1 aliphatic heterocycles. The molecule has 0 spiro atoms. The molecule has 0 bridgehead atoms. The van der Waals surface area contributed by atoms with E-state index in [-0.39, 0.29) is 0 Å². The molecule has 1 fully saturated rings. The number of thioether (sulfide) groups is 1. The molecule has 3 heteroatoms. The van der Waals surface area contributed by atoms with Gasteiger partial charge in [0.25, 0.3) is 0 Å². The second-order valence-electron chi connectivity index (χ2n) is 6.03. The normalized spacial score (nSPS) is 28.3. The Morgan fingerprint density at radius 1 is 1.38 bits per heavy atom. The Kier molecular flexibility index (Phi) is 5.62. The van der Waals surface area contributed by atoms with E-state index in [1.54, 1.807) is 0 Å². The van der Waals surface area contributed by atoms with Crippen LogP contribution in [0.1, 0.15) is 34.1 Å². The van der Waals surface area contributed by atoms with E-state index in [0.29, 0.717) is 17.5 Å². The first kappa shape index (κ1) is 14.3. The van der Waals surface area contributed by atoms with Crippen LogP contribution in [0.5, 0.6) is 0 Å². The van der Waals surface area contributed by atoms with Gasteiger partial charge in [-0.25, -0.2) is 0 Å². The average Bonchev–Trinajstić information content (AvgIpc) is 2.16. The molecule has 1 heterocycles. The van der Waals surface area contributed by atoms with Crippen molar-refractivity contribution in [3.05, 3.63) is 0 Å². The third kappa shape index (κ3) is 4.27. The topological polar surface area (TPSA) is 15.3 Å². The Labute approximate surface area is 106 Å². The number of piperazine rings is 1. The van der Waals surface area contributed by atoms with Gasteiger partial charge in [0.05, 0.1) is 0 Å². The van der Waals surface area contributed by atoms with Crippen LogP contribution >= 0.6 is 11.8 Å². The first-order chi connectivity index (χ1) is 7.45. The molecule has 1 saturated heterocycles. The van der Waals surface area contributed by atoms with E-state index in [2.05, 4.69) is 44.2 Å². The van der Waals surface area contributed by atoms with Gasteiger partial charge in [-0.05, 0) is 37.3 Å². The van der Waals surface area contributed by atoms with E-state index < -0.39 is 0 Å². The van der Waals surface area contributed by atoms with E-state index in [1.165, 1.54) is 25.3 Å². The molecule has 1 aliphatic rings. The zero-order chi connectivity index (χ0) is 12.2. The number of rotatable bonds is 4. The molecule has 2 atom stereocenters. The molecule has 2 unspecified atom stereocenters. The number of hydrogen-bond donors (Lipinski definition) is 1. The molecule has 0 aromatic carbocycles. The zero-order valence-corrected chi connectivity index (χ0v) is 12.4. The van der Waals surface area contributed by atoms with Crippen molar-refractivity contribution in [3.63, 3.8) is 0 Å². The molecule has 0 saturated carbocycles. The zero-order valence-electron chi connectivity index (χ0n) is 11.5. The Morgan fingerprint density at radius 3 is 2.62 bits per heavy atom. The summed E-state index contributed by atoms with van der Waals surface area (Å²) in [5.41, 5.74) is 0.381. The van der Waals surface area contributed by atoms with Crippen molar-refractivity contribution in [2.75, 3.05) is 31.6 Å². The van der Waals surface area contributed by atoms with E-state index in [1.807, 2.05) is 11.8 Å². The molecule has 0 radical (unpaired) electrons. The van der Waals surface area contributed by atoms with Crippen LogP contribution in [0.25, 0.3) is 0 Å². The van der Waals surface area contributed by atoms with Crippen molar-refractivity contribution >= 4 is 11.8 Å². The Bertz CT molecular complexity index is 201. The molecule has 0 amide bonds. The SMILES string of the molecule is CSCCCN1CC(C)NCC1C(C)(C)C. The minimum Gasteiger partial charge on any atom is -0.311 e. The van der Waals surface area contributed by atoms with Gasteiger partial charge in [0.2, 0.25) is 0 Å². The first-order valence-corrected chi connectivity index (χ1v) is 7.81. The van der Waals surface area contributed by atoms with Crippen LogP contribution < -0.4 is 5.32 Å². The third-order valence-corrected chi connectivity index (χ3v) is 4.10. The summed E-state index contributed by atoms with van der Waals surface area (Å²) in [5.74, 6) is 1.29. The molecular formula is C13H28N2S. The Hall–Kier alpha value is 0.270. The average molecular weight is 244 g/mol. The van der Waals surface area contributed by atoms with Gasteiger partial charge in [0.1, 0.15) is 0 Å². The molecule has 0 aromatic rings. The summed E-state index contributed by atoms with van der Waals surface area (Å²) >= 11 is 1.96. The fraction of sp³-hybridized carbons (Fsp3) is 1.00. The largest absolute Gasteiger partial charge is 0.311 e. The molecule has 0 aromatic heterocycles. The van der Waals surface area contributed by atoms with Crippen LogP contribution in [0.15, 0.2) is 0 Å². The highest BCUT2D eigenvalue weighted by Crippen LogP contribution is 2.26. The number of nitrogens with zero attached hydrogens (tertiary/aromatic N) is 1. The second-order valence-corrected chi connectivity index (χ2v) is 7.02. The van der Waals surface area contributed by atoms with Crippen LogP contribution in [-0.2, 0) is 0 Å². The maximum atomic E-state index is 3.61. The van der Waals surface area contributed by atoms with Gasteiger partial charge in [-0.2, -0.15) is 11.8 Å². The van der Waals surface area contributed by atoms with Gasteiger partial charge in [0, 0.05) is 25.2 Å². The third-order valence-electron chi connectivity index (χ3n) is 3.40. The van der Waals surface area contributed by atoms with Crippen molar-refractivity contribution < 1.29 is 0 Å². The Balaban J connectivity index is 2.51. The summed E-state index contributed by atoms with van der Waals surface area (Å²) in [5, 5.41) is 3.61. The van der Waals surface area contributed by atoms with E-state index in [4.69, 9.17) is 0 Å². The minimum atomic E-state index is 0.381. The van der Waals surface area contributed by atoms with Crippen LogP contribution in [-0.4, -0.2) is 48.6 Å². The summed E-state index contributed by atoms with van der Waals surface area (Å²) in [4.78, 5) is 2.69. The fourth-order valence-corrected chi connectivity index (χ4v) is 2.92. The van der Waals surface area contributed by atoms with E-state index >= 15 is 0 Å². The lowest BCUT2D eigenvalue weighted by atomic mass is 9.84. The predicted molar refractivity (Wildman–Crippen MR) is 75.3 cm³/mol. The lowest BCUT2D eigenvalue weighted by Crippen LogP contribution is -2.59. The summed E-state index contributed by atoms with van der Waals surface area (Å²) in [7, 11) is 0. The standard InChI is InChI=1S/C13H28N2S/c1-11-10-15(7-6-8-16-5)12(9-14-11)13(2,3)4/h11-12,14H,6-10H2,1-5H3. The molecule has 1 rings (SSSR count). The molecule has 96 valence electrons. The van der Waals surface area contributed by atoms with Gasteiger partial charge >= 0.3 is 0 Å². The number of hydrogen-bond acceptors (Lipinski definition) is 3. The lowest BCUT2D eigenvalue weighted by Gasteiger charge is -2.46. The van der Waals surface area contributed by atoms with Crippen molar-refractivity contribution in [2.45, 2.75) is 46.2 Å². The molecule has 1 N–H and O–H groups in total. The van der Waals surface area contributed by atoms with Gasteiger partial charge in [-0.15, -0.1) is 0 Å². The van der Waals surface area contributed by atoms with Crippen molar-refractivity contribution in [1.82, 2.24) is 10.2 Å². The highest BCUT2D eigenvalue weighted by Gasteiger charge is 2.33. The predicted octanol–water partition coefficient (Wildman–Crippen LogP) is 2.45. The van der Waals surface area contributed by atoms with Crippen LogP contribution in [0.3, 0.4) is 0 Å². The van der Waals surface area contributed by atoms with Gasteiger partial charge in [-0.3, -0.25) is 4.90 Å². The maximum absolute atomic E-state index is 3.61. The van der Waals surface area contributed by atoms with Crippen molar-refractivity contribution in [3.8, 4) is 0 Å². The quantitative estimate of drug-likeness (QED) is 0.765. The van der Waals surface area contributed by atoms with Crippen LogP contribution in [0.4, 0.5) is 0 Å². The molecule has 2 nitrogen and oxygen atoms in total. The second kappa shape index (κ2) is 6.27. The van der Waals surface area contributed by atoms with Gasteiger partial charge < -0.3 is 5.32 Å². The van der Waals surface area contributed by atoms with Gasteiger partial charge in [0.15, 0.2) is 0 Å². The molecule has 0 aliphatic carbocycles. The van der Waals surface area contributed by atoms with E-state index in [0.717, 1.165) is 6.54 Å². The summed E-state index contributed by atoms with van der Waals surface area (Å²) in [6.45, 7) is 13.0. The van der Waals surface area contributed by atoms with Crippen molar-refractivity contribution in [2.24, 2.45) is 5.41 Å². The summed E-state index contributed by atoms with van der Waals surface area (Å²) in [6.07, 6.45) is 3.52. The van der Waals surface area contributed by atoms with Crippen LogP contribution in [0.2, 0.25) is 0 Å². The van der Waals surface area contributed by atoms with E-state index in [9.17, 15) is 0 Å². The van der Waals surface area contributed by atoms with Crippen LogP contribution in [0, 0.1) is 5.41 Å². The monoisotopic (exact) mass is 244 g/mol. The fourth-order valence-electron chi connectivity index (χ4n) is 2.50. The maximum Gasteiger partial charge on any atom is 0.0269 e. The summed E-state index contributed by atoms with van der Waals surface area (Å²) in [6, 6.07) is 1.33. The molecular weight excluding hydrogens is 216 g/mol. The van der Waals surface area contributed by atoms with Gasteiger partial charge in [-0.1, -0.05) is 20.8 Å². The minimum absolute atomic E-state index is 0.381. The summed E-state index contributed by atoms with van der Waals surface area (Å²) < 4.78 is 0. The number of nitrogens with one attached hydrogen (secondary N) is 1. The highest BCUT2D eigenvalue weighted by molar-refractivity contribution is 7.98. The highest BCUT2D eigenvalue weighted by atomic mass is 32.2. The Morgan fingerprint density at radius 2 is 2.06 bits per heavy atom. The lowest BCUT2D eigenvalue weighted by molar-refractivity contribution is 0.0595. The smallest absolute Gasteiger partial charge is 0.0269 e. The van der Waals surface area contributed by atoms with Crippen molar-refractivity contribution in [1.29, 1.82) is 0 Å². The first-order valence-electron chi connectivity index (χ1n) is 6.41. The molecule has 16 heavy (non-hydrogen) atoms.